The quantitative estimate of drug-likeness (QED) is 0.633. The molecule has 2 N–H and O–H groups in total. The lowest BCUT2D eigenvalue weighted by molar-refractivity contribution is 0.102. The fourth-order valence-corrected chi connectivity index (χ4v) is 2.47. The second kappa shape index (κ2) is 8.51. The van der Waals surface area contributed by atoms with Crippen LogP contribution in [0.5, 0.6) is 5.75 Å². The van der Waals surface area contributed by atoms with Gasteiger partial charge in [0.1, 0.15) is 23.6 Å². The van der Waals surface area contributed by atoms with E-state index in [0.29, 0.717) is 22.3 Å². The number of amides is 1. The summed E-state index contributed by atoms with van der Waals surface area (Å²) in [5, 5.41) is 6.59. The maximum Gasteiger partial charge on any atom is 0.274 e. The third kappa shape index (κ3) is 5.18. The van der Waals surface area contributed by atoms with Crippen molar-refractivity contribution in [1.29, 1.82) is 0 Å². The Morgan fingerprint density at radius 3 is 2.56 bits per heavy atom. The zero-order chi connectivity index (χ0) is 19.2. The zero-order valence-corrected chi connectivity index (χ0v) is 15.7. The third-order valence-corrected chi connectivity index (χ3v) is 3.77. The van der Waals surface area contributed by atoms with Gasteiger partial charge in [0, 0.05) is 16.8 Å². The van der Waals surface area contributed by atoms with Crippen LogP contribution in [0.25, 0.3) is 0 Å². The Kier molecular flexibility index (Phi) is 5.88. The van der Waals surface area contributed by atoms with Crippen molar-refractivity contribution >= 4 is 34.7 Å². The summed E-state index contributed by atoms with van der Waals surface area (Å²) in [4.78, 5) is 20.8. The Labute approximate surface area is 162 Å². The van der Waals surface area contributed by atoms with Gasteiger partial charge in [-0.25, -0.2) is 9.97 Å². The van der Waals surface area contributed by atoms with Gasteiger partial charge in [-0.1, -0.05) is 23.7 Å². The fraction of sp³-hybridized carbons (Fsp3) is 0.150. The molecule has 0 atom stereocenters. The Hall–Kier alpha value is -3.12. The van der Waals surface area contributed by atoms with Crippen molar-refractivity contribution in [3.05, 3.63) is 71.6 Å². The number of benzene rings is 2. The number of anilines is 3. The molecule has 1 heterocycles. The first-order chi connectivity index (χ1) is 13.0. The predicted octanol–water partition coefficient (Wildman–Crippen LogP) is 4.91. The summed E-state index contributed by atoms with van der Waals surface area (Å²) in [6, 6.07) is 16.0. The van der Waals surface area contributed by atoms with E-state index >= 15 is 0 Å². The monoisotopic (exact) mass is 382 g/mol. The standard InChI is InChI=1S/C20H19ClN4O2/c1-13(2)27-18-6-4-3-5-16(18)25-20(26)17-11-19(23-12-22-17)24-15-9-7-14(21)8-10-15/h3-13H,1-2H3,(H,25,26)(H,22,23,24). The van der Waals surface area contributed by atoms with Crippen LogP contribution in [-0.4, -0.2) is 22.0 Å². The van der Waals surface area contributed by atoms with E-state index in [4.69, 9.17) is 16.3 Å². The van der Waals surface area contributed by atoms with Crippen molar-refractivity contribution in [2.24, 2.45) is 0 Å². The topological polar surface area (TPSA) is 76.1 Å². The number of rotatable bonds is 6. The van der Waals surface area contributed by atoms with Crippen molar-refractivity contribution in [1.82, 2.24) is 9.97 Å². The van der Waals surface area contributed by atoms with Crippen molar-refractivity contribution in [3.63, 3.8) is 0 Å². The predicted molar refractivity (Wildman–Crippen MR) is 107 cm³/mol. The molecule has 0 saturated carbocycles. The molecule has 0 aliphatic rings. The van der Waals surface area contributed by atoms with Gasteiger partial charge in [0.15, 0.2) is 0 Å². The van der Waals surface area contributed by atoms with Crippen molar-refractivity contribution in [2.45, 2.75) is 20.0 Å². The molecule has 0 aliphatic carbocycles. The number of nitrogens with zero attached hydrogens (tertiary/aromatic N) is 2. The molecule has 1 amide bonds. The molecule has 2 aromatic carbocycles. The summed E-state index contributed by atoms with van der Waals surface area (Å²) in [5.41, 5.74) is 1.63. The first kappa shape index (κ1) is 18.7. The molecule has 0 spiro atoms. The van der Waals surface area contributed by atoms with E-state index in [2.05, 4.69) is 20.6 Å². The van der Waals surface area contributed by atoms with E-state index in [-0.39, 0.29) is 17.7 Å². The van der Waals surface area contributed by atoms with Crippen LogP contribution < -0.4 is 15.4 Å². The zero-order valence-electron chi connectivity index (χ0n) is 14.9. The van der Waals surface area contributed by atoms with E-state index < -0.39 is 0 Å². The molecule has 0 unspecified atom stereocenters. The maximum atomic E-state index is 12.6. The van der Waals surface area contributed by atoms with E-state index in [1.54, 1.807) is 24.3 Å². The molecule has 1 aromatic heterocycles. The van der Waals surface area contributed by atoms with Crippen LogP contribution in [0, 0.1) is 0 Å². The fourth-order valence-electron chi connectivity index (χ4n) is 2.34. The van der Waals surface area contributed by atoms with Gasteiger partial charge in [-0.3, -0.25) is 4.79 Å². The van der Waals surface area contributed by atoms with Gasteiger partial charge < -0.3 is 15.4 Å². The number of halogens is 1. The summed E-state index contributed by atoms with van der Waals surface area (Å²) in [5.74, 6) is 0.759. The van der Waals surface area contributed by atoms with Gasteiger partial charge in [-0.2, -0.15) is 0 Å². The maximum absolute atomic E-state index is 12.6. The Morgan fingerprint density at radius 1 is 1.07 bits per heavy atom. The minimum Gasteiger partial charge on any atom is -0.489 e. The number of carbonyl (C=O) groups excluding carboxylic acids is 1. The number of hydrogen-bond acceptors (Lipinski definition) is 5. The van der Waals surface area contributed by atoms with Crippen LogP contribution in [-0.2, 0) is 0 Å². The van der Waals surface area contributed by atoms with Crippen LogP contribution in [0.1, 0.15) is 24.3 Å². The molecule has 0 saturated heterocycles. The summed E-state index contributed by atoms with van der Waals surface area (Å²) >= 11 is 5.89. The molecular weight excluding hydrogens is 364 g/mol. The number of para-hydroxylation sites is 2. The average molecular weight is 383 g/mol. The lowest BCUT2D eigenvalue weighted by atomic mass is 10.2. The lowest BCUT2D eigenvalue weighted by Gasteiger charge is -2.14. The van der Waals surface area contributed by atoms with Gasteiger partial charge in [0.2, 0.25) is 0 Å². The first-order valence-electron chi connectivity index (χ1n) is 8.43. The molecule has 0 radical (unpaired) electrons. The van der Waals surface area contributed by atoms with Gasteiger partial charge in [-0.15, -0.1) is 0 Å². The van der Waals surface area contributed by atoms with E-state index in [9.17, 15) is 4.79 Å². The normalized spacial score (nSPS) is 10.5. The Balaban J connectivity index is 1.75. The van der Waals surface area contributed by atoms with Crippen molar-refractivity contribution in [2.75, 3.05) is 10.6 Å². The van der Waals surface area contributed by atoms with Crippen LogP contribution in [0.3, 0.4) is 0 Å². The van der Waals surface area contributed by atoms with Gasteiger partial charge in [-0.05, 0) is 50.2 Å². The van der Waals surface area contributed by atoms with Gasteiger partial charge >= 0.3 is 0 Å². The average Bonchev–Trinajstić information content (AvgIpc) is 2.65. The molecule has 138 valence electrons. The summed E-state index contributed by atoms with van der Waals surface area (Å²) in [6.45, 7) is 3.86. The number of carbonyl (C=O) groups is 1. The van der Waals surface area contributed by atoms with Crippen LogP contribution in [0.4, 0.5) is 17.2 Å². The Bertz CT molecular complexity index is 929. The number of aromatic nitrogens is 2. The highest BCUT2D eigenvalue weighted by Gasteiger charge is 2.13. The SMILES string of the molecule is CC(C)Oc1ccccc1NC(=O)c1cc(Nc2ccc(Cl)cc2)ncn1. The summed E-state index contributed by atoms with van der Waals surface area (Å²) < 4.78 is 5.72. The van der Waals surface area contributed by atoms with Gasteiger partial charge in [0.25, 0.3) is 5.91 Å². The van der Waals surface area contributed by atoms with Crippen LogP contribution >= 0.6 is 11.6 Å². The molecular formula is C20H19ClN4O2. The second-order valence-corrected chi connectivity index (χ2v) is 6.47. The molecule has 6 nitrogen and oxygen atoms in total. The van der Waals surface area contributed by atoms with Crippen molar-refractivity contribution in [3.8, 4) is 5.75 Å². The highest BCUT2D eigenvalue weighted by molar-refractivity contribution is 6.30. The lowest BCUT2D eigenvalue weighted by Crippen LogP contribution is -2.16. The summed E-state index contributed by atoms with van der Waals surface area (Å²) in [7, 11) is 0. The first-order valence-corrected chi connectivity index (χ1v) is 8.81. The molecule has 0 aliphatic heterocycles. The molecule has 0 bridgehead atoms. The van der Waals surface area contributed by atoms with E-state index in [1.807, 2.05) is 44.2 Å². The van der Waals surface area contributed by atoms with E-state index in [1.165, 1.54) is 6.33 Å². The number of nitrogens with one attached hydrogen (secondary N) is 2. The van der Waals surface area contributed by atoms with Crippen molar-refractivity contribution < 1.29 is 9.53 Å². The molecule has 7 heteroatoms. The molecule has 27 heavy (non-hydrogen) atoms. The molecule has 0 fully saturated rings. The van der Waals surface area contributed by atoms with E-state index in [0.717, 1.165) is 5.69 Å². The second-order valence-electron chi connectivity index (χ2n) is 6.04. The highest BCUT2D eigenvalue weighted by Crippen LogP contribution is 2.25. The number of hydrogen-bond donors (Lipinski definition) is 2. The largest absolute Gasteiger partial charge is 0.489 e. The minimum absolute atomic E-state index is 0.00252. The molecule has 3 aromatic rings. The molecule has 3 rings (SSSR count). The Morgan fingerprint density at radius 2 is 1.81 bits per heavy atom. The highest BCUT2D eigenvalue weighted by atomic mass is 35.5. The number of ether oxygens (including phenoxy) is 1. The van der Waals surface area contributed by atoms with Gasteiger partial charge in [0.05, 0.1) is 11.8 Å². The van der Waals surface area contributed by atoms with Crippen LogP contribution in [0.2, 0.25) is 5.02 Å². The van der Waals surface area contributed by atoms with Crippen LogP contribution in [0.15, 0.2) is 60.9 Å². The summed E-state index contributed by atoms with van der Waals surface area (Å²) in [6.07, 6.45) is 1.33. The third-order valence-electron chi connectivity index (χ3n) is 3.51. The minimum atomic E-state index is -0.351. The smallest absolute Gasteiger partial charge is 0.274 e.